The summed E-state index contributed by atoms with van der Waals surface area (Å²) in [5.74, 6) is -1.14. The van der Waals surface area contributed by atoms with E-state index in [0.717, 1.165) is 42.6 Å². The lowest BCUT2D eigenvalue weighted by atomic mass is 10.0. The zero-order valence-corrected chi connectivity index (χ0v) is 13.8. The first-order valence-corrected chi connectivity index (χ1v) is 8.13. The number of carbonyl (C=O) groups is 2. The maximum absolute atomic E-state index is 12.0. The van der Waals surface area contributed by atoms with E-state index in [1.54, 1.807) is 6.08 Å². The van der Waals surface area contributed by atoms with E-state index in [2.05, 4.69) is 22.6 Å². The Hall–Kier alpha value is -2.63. The number of carboxylic acids is 1. The van der Waals surface area contributed by atoms with Crippen molar-refractivity contribution in [3.05, 3.63) is 36.0 Å². The summed E-state index contributed by atoms with van der Waals surface area (Å²) in [6.07, 6.45) is 4.71. The number of hydrogen-bond acceptors (Lipinski definition) is 4. The monoisotopic (exact) mass is 327 g/mol. The molecule has 1 aromatic heterocycles. The van der Waals surface area contributed by atoms with Gasteiger partial charge in [0.05, 0.1) is 5.52 Å². The van der Waals surface area contributed by atoms with Gasteiger partial charge in [-0.25, -0.2) is 0 Å². The van der Waals surface area contributed by atoms with E-state index in [1.807, 2.05) is 6.07 Å². The average Bonchev–Trinajstić information content (AvgIpc) is 3.15. The van der Waals surface area contributed by atoms with Crippen LogP contribution in [0.5, 0.6) is 0 Å². The summed E-state index contributed by atoms with van der Waals surface area (Å²) in [6.45, 7) is 6.98. The summed E-state index contributed by atoms with van der Waals surface area (Å²) >= 11 is 0. The number of rotatable bonds is 6. The van der Waals surface area contributed by atoms with Crippen LogP contribution in [0.25, 0.3) is 10.9 Å². The highest BCUT2D eigenvalue weighted by molar-refractivity contribution is 6.07. The minimum absolute atomic E-state index is 0.164. The molecule has 0 atom stereocenters. The van der Waals surface area contributed by atoms with E-state index in [4.69, 9.17) is 5.11 Å². The summed E-state index contributed by atoms with van der Waals surface area (Å²) in [6, 6.07) is 4.03. The first-order chi connectivity index (χ1) is 11.5. The van der Waals surface area contributed by atoms with E-state index >= 15 is 0 Å². The Bertz CT molecular complexity index is 817. The van der Waals surface area contributed by atoms with E-state index in [1.165, 1.54) is 11.6 Å². The number of hydrogen-bond donors (Lipinski definition) is 1. The Labute approximate surface area is 140 Å². The van der Waals surface area contributed by atoms with Crippen LogP contribution in [0.1, 0.15) is 35.8 Å². The van der Waals surface area contributed by atoms with Crippen LogP contribution in [0.4, 0.5) is 5.69 Å². The van der Waals surface area contributed by atoms with E-state index in [0.29, 0.717) is 17.6 Å². The highest BCUT2D eigenvalue weighted by atomic mass is 16.4. The van der Waals surface area contributed by atoms with Crippen LogP contribution in [-0.4, -0.2) is 39.7 Å². The lowest BCUT2D eigenvalue weighted by molar-refractivity contribution is -0.137. The number of nitrogens with zero attached hydrogens (tertiary/aromatic N) is 3. The molecule has 1 fully saturated rings. The molecule has 6 heteroatoms. The van der Waals surface area contributed by atoms with Gasteiger partial charge in [-0.15, -0.1) is 6.58 Å². The second-order valence-corrected chi connectivity index (χ2v) is 6.14. The van der Waals surface area contributed by atoms with Crippen molar-refractivity contribution in [2.75, 3.05) is 18.0 Å². The Morgan fingerprint density at radius 1 is 1.33 bits per heavy atom. The third-order valence-corrected chi connectivity index (χ3v) is 4.37. The number of aliphatic carboxylic acids is 1. The standard InChI is InChI=1S/C18H21N3O3/c1-3-6-13-9-14(20-7-4-5-8-20)10-15-17(13)18(12(2)22)19-21(15)11-16(23)24/h3,9-10H,1,4-8,11H2,2H3,(H,23,24). The second kappa shape index (κ2) is 6.47. The smallest absolute Gasteiger partial charge is 0.325 e. The maximum Gasteiger partial charge on any atom is 0.325 e. The first-order valence-electron chi connectivity index (χ1n) is 8.13. The Morgan fingerprint density at radius 3 is 2.62 bits per heavy atom. The molecule has 2 heterocycles. The minimum Gasteiger partial charge on any atom is -0.480 e. The summed E-state index contributed by atoms with van der Waals surface area (Å²) in [4.78, 5) is 25.5. The fourth-order valence-corrected chi connectivity index (χ4v) is 3.34. The molecule has 126 valence electrons. The van der Waals surface area contributed by atoms with Gasteiger partial charge in [-0.1, -0.05) is 6.08 Å². The van der Waals surface area contributed by atoms with Gasteiger partial charge in [-0.3, -0.25) is 14.3 Å². The number of anilines is 1. The summed E-state index contributed by atoms with van der Waals surface area (Å²) in [5, 5.41) is 14.2. The number of ketones is 1. The normalized spacial score (nSPS) is 14.3. The third-order valence-electron chi connectivity index (χ3n) is 4.37. The van der Waals surface area contributed by atoms with Gasteiger partial charge >= 0.3 is 5.97 Å². The van der Waals surface area contributed by atoms with Crippen LogP contribution >= 0.6 is 0 Å². The molecule has 1 aromatic carbocycles. The first kappa shape index (κ1) is 16.2. The predicted molar refractivity (Wildman–Crippen MR) is 92.7 cm³/mol. The van der Waals surface area contributed by atoms with Gasteiger partial charge in [0.25, 0.3) is 0 Å². The van der Waals surface area contributed by atoms with Gasteiger partial charge in [0.2, 0.25) is 0 Å². The second-order valence-electron chi connectivity index (χ2n) is 6.14. The van der Waals surface area contributed by atoms with E-state index in [9.17, 15) is 9.59 Å². The number of carbonyl (C=O) groups excluding carboxylic acids is 1. The van der Waals surface area contributed by atoms with Crippen molar-refractivity contribution in [3.8, 4) is 0 Å². The van der Waals surface area contributed by atoms with Gasteiger partial charge in [0, 0.05) is 31.1 Å². The zero-order chi connectivity index (χ0) is 17.3. The summed E-state index contributed by atoms with van der Waals surface area (Å²) < 4.78 is 1.42. The molecule has 6 nitrogen and oxygen atoms in total. The Balaban J connectivity index is 2.25. The van der Waals surface area contributed by atoms with Crippen molar-refractivity contribution in [1.82, 2.24) is 9.78 Å². The van der Waals surface area contributed by atoms with E-state index in [-0.39, 0.29) is 12.3 Å². The van der Waals surface area contributed by atoms with Gasteiger partial charge in [-0.2, -0.15) is 5.10 Å². The fraction of sp³-hybridized carbons (Fsp3) is 0.389. The molecule has 1 saturated heterocycles. The quantitative estimate of drug-likeness (QED) is 0.652. The highest BCUT2D eigenvalue weighted by Crippen LogP contribution is 2.31. The van der Waals surface area contributed by atoms with Crippen LogP contribution in [0.3, 0.4) is 0 Å². The largest absolute Gasteiger partial charge is 0.480 e. The molecule has 0 saturated carbocycles. The number of carboxylic acid groups (broad SMARTS) is 1. The van der Waals surface area contributed by atoms with Gasteiger partial charge in [0.15, 0.2) is 5.78 Å². The molecule has 1 N–H and O–H groups in total. The lowest BCUT2D eigenvalue weighted by Crippen LogP contribution is -2.18. The van der Waals surface area contributed by atoms with Crippen molar-refractivity contribution >= 4 is 28.3 Å². The molecular formula is C18H21N3O3. The molecule has 2 aromatic rings. The average molecular weight is 327 g/mol. The van der Waals surface area contributed by atoms with E-state index < -0.39 is 5.97 Å². The molecular weight excluding hydrogens is 306 g/mol. The number of fused-ring (bicyclic) bond motifs is 1. The molecule has 1 aliphatic heterocycles. The van der Waals surface area contributed by atoms with Crippen LogP contribution in [0.15, 0.2) is 24.8 Å². The molecule has 0 radical (unpaired) electrons. The molecule has 24 heavy (non-hydrogen) atoms. The van der Waals surface area contributed by atoms with Crippen molar-refractivity contribution in [2.45, 2.75) is 32.7 Å². The minimum atomic E-state index is -0.980. The third kappa shape index (κ3) is 2.91. The maximum atomic E-state index is 12.0. The Morgan fingerprint density at radius 2 is 2.04 bits per heavy atom. The molecule has 1 aliphatic rings. The van der Waals surface area contributed by atoms with Crippen molar-refractivity contribution in [1.29, 1.82) is 0 Å². The van der Waals surface area contributed by atoms with Crippen molar-refractivity contribution in [2.24, 2.45) is 0 Å². The molecule has 0 aliphatic carbocycles. The molecule has 0 unspecified atom stereocenters. The molecule has 0 spiro atoms. The number of Topliss-reactive ketones (excluding diaryl/α,β-unsaturated/α-hetero) is 1. The van der Waals surface area contributed by atoms with Crippen LogP contribution in [-0.2, 0) is 17.8 Å². The van der Waals surface area contributed by atoms with Crippen LogP contribution in [0.2, 0.25) is 0 Å². The van der Waals surface area contributed by atoms with Crippen LogP contribution in [0, 0.1) is 0 Å². The van der Waals surface area contributed by atoms with Crippen molar-refractivity contribution < 1.29 is 14.7 Å². The number of allylic oxidation sites excluding steroid dienone is 1. The van der Waals surface area contributed by atoms with Gasteiger partial charge in [-0.05, 0) is 37.0 Å². The van der Waals surface area contributed by atoms with Gasteiger partial charge in [0.1, 0.15) is 12.2 Å². The highest BCUT2D eigenvalue weighted by Gasteiger charge is 2.21. The van der Waals surface area contributed by atoms with Gasteiger partial charge < -0.3 is 10.0 Å². The lowest BCUT2D eigenvalue weighted by Gasteiger charge is -2.19. The SMILES string of the molecule is C=CCc1cc(N2CCCC2)cc2c1c(C(C)=O)nn2CC(=O)O. The molecule has 0 bridgehead atoms. The number of aromatic nitrogens is 2. The van der Waals surface area contributed by atoms with Crippen molar-refractivity contribution in [3.63, 3.8) is 0 Å². The fourth-order valence-electron chi connectivity index (χ4n) is 3.34. The summed E-state index contributed by atoms with van der Waals surface area (Å²) in [7, 11) is 0. The topological polar surface area (TPSA) is 75.4 Å². The zero-order valence-electron chi connectivity index (χ0n) is 13.8. The van der Waals surface area contributed by atoms with Crippen LogP contribution < -0.4 is 4.90 Å². The summed E-state index contributed by atoms with van der Waals surface area (Å²) in [5.41, 5.74) is 3.05. The number of benzene rings is 1. The molecule has 0 amide bonds. The Kier molecular flexibility index (Phi) is 4.38. The predicted octanol–water partition coefficient (Wildman–Crippen LogP) is 2.65. The molecule has 3 rings (SSSR count).